The third-order valence-corrected chi connectivity index (χ3v) is 5.18. The Morgan fingerprint density at radius 1 is 1.17 bits per heavy atom. The zero-order chi connectivity index (χ0) is 20.5. The molecule has 4 aromatic rings. The SMILES string of the molecule is Cc1ccc2[nH]c3c(=O)n(CC(=O)NCc4ccc(C(C)C)cc4)cnc3c2c1. The summed E-state index contributed by atoms with van der Waals surface area (Å²) in [6.45, 7) is 6.65. The van der Waals surface area contributed by atoms with Crippen molar-refractivity contribution in [2.75, 3.05) is 0 Å². The largest absolute Gasteiger partial charge is 0.350 e. The van der Waals surface area contributed by atoms with E-state index in [1.807, 2.05) is 37.3 Å². The van der Waals surface area contributed by atoms with E-state index in [-0.39, 0.29) is 18.0 Å². The van der Waals surface area contributed by atoms with Crippen LogP contribution in [0.3, 0.4) is 0 Å². The van der Waals surface area contributed by atoms with E-state index in [2.05, 4.69) is 41.3 Å². The summed E-state index contributed by atoms with van der Waals surface area (Å²) >= 11 is 0. The van der Waals surface area contributed by atoms with Gasteiger partial charge in [0, 0.05) is 17.4 Å². The number of rotatable bonds is 5. The van der Waals surface area contributed by atoms with Crippen molar-refractivity contribution < 1.29 is 4.79 Å². The Hall–Kier alpha value is -3.41. The number of aromatic nitrogens is 3. The minimum absolute atomic E-state index is 0.0692. The highest BCUT2D eigenvalue weighted by Crippen LogP contribution is 2.22. The van der Waals surface area contributed by atoms with E-state index in [9.17, 15) is 9.59 Å². The molecule has 29 heavy (non-hydrogen) atoms. The van der Waals surface area contributed by atoms with E-state index in [0.29, 0.717) is 23.5 Å². The van der Waals surface area contributed by atoms with Crippen LogP contribution in [-0.2, 0) is 17.9 Å². The zero-order valence-electron chi connectivity index (χ0n) is 16.8. The number of hydrogen-bond acceptors (Lipinski definition) is 3. The average Bonchev–Trinajstić information content (AvgIpc) is 3.07. The maximum atomic E-state index is 12.8. The molecule has 0 radical (unpaired) electrons. The number of carbonyl (C=O) groups excluding carboxylic acids is 1. The second-order valence-corrected chi connectivity index (χ2v) is 7.75. The zero-order valence-corrected chi connectivity index (χ0v) is 16.8. The molecule has 6 heteroatoms. The number of nitrogens with zero attached hydrogens (tertiary/aromatic N) is 2. The van der Waals surface area contributed by atoms with E-state index in [1.165, 1.54) is 16.5 Å². The van der Waals surface area contributed by atoms with Crippen molar-refractivity contribution in [2.24, 2.45) is 0 Å². The van der Waals surface area contributed by atoms with Gasteiger partial charge >= 0.3 is 0 Å². The van der Waals surface area contributed by atoms with Crippen molar-refractivity contribution in [3.05, 3.63) is 75.8 Å². The summed E-state index contributed by atoms with van der Waals surface area (Å²) in [4.78, 5) is 32.7. The molecule has 0 spiro atoms. The Morgan fingerprint density at radius 2 is 1.93 bits per heavy atom. The van der Waals surface area contributed by atoms with Crippen LogP contribution in [0.4, 0.5) is 0 Å². The van der Waals surface area contributed by atoms with Gasteiger partial charge in [-0.05, 0) is 36.1 Å². The molecule has 0 fully saturated rings. The molecule has 4 rings (SSSR count). The molecular weight excluding hydrogens is 364 g/mol. The molecule has 0 saturated carbocycles. The molecule has 0 aliphatic heterocycles. The molecule has 148 valence electrons. The summed E-state index contributed by atoms with van der Waals surface area (Å²) in [6, 6.07) is 14.1. The number of fused-ring (bicyclic) bond motifs is 3. The van der Waals surface area contributed by atoms with Gasteiger partial charge in [0.1, 0.15) is 17.6 Å². The fourth-order valence-electron chi connectivity index (χ4n) is 3.45. The van der Waals surface area contributed by atoms with Crippen LogP contribution in [0.2, 0.25) is 0 Å². The van der Waals surface area contributed by atoms with E-state index < -0.39 is 0 Å². The molecule has 2 aromatic heterocycles. The minimum Gasteiger partial charge on any atom is -0.350 e. The van der Waals surface area contributed by atoms with Crippen molar-refractivity contribution in [3.8, 4) is 0 Å². The number of H-pyrrole nitrogens is 1. The molecule has 0 unspecified atom stereocenters. The maximum absolute atomic E-state index is 12.8. The van der Waals surface area contributed by atoms with Gasteiger partial charge in [-0.3, -0.25) is 14.2 Å². The Morgan fingerprint density at radius 3 is 2.66 bits per heavy atom. The molecule has 2 N–H and O–H groups in total. The number of aromatic amines is 1. The van der Waals surface area contributed by atoms with Gasteiger partial charge in [0.2, 0.25) is 5.91 Å². The van der Waals surface area contributed by atoms with Gasteiger partial charge < -0.3 is 10.3 Å². The molecular formula is C23H24N4O2. The van der Waals surface area contributed by atoms with Crippen LogP contribution >= 0.6 is 0 Å². The molecule has 0 aliphatic rings. The van der Waals surface area contributed by atoms with Crippen LogP contribution < -0.4 is 10.9 Å². The highest BCUT2D eigenvalue weighted by atomic mass is 16.2. The summed E-state index contributed by atoms with van der Waals surface area (Å²) < 4.78 is 1.34. The number of nitrogens with one attached hydrogen (secondary N) is 2. The molecule has 0 bridgehead atoms. The molecule has 0 atom stereocenters. The van der Waals surface area contributed by atoms with Crippen molar-refractivity contribution in [1.29, 1.82) is 0 Å². The summed E-state index contributed by atoms with van der Waals surface area (Å²) in [5.74, 6) is 0.245. The molecule has 1 amide bonds. The van der Waals surface area contributed by atoms with Crippen LogP contribution in [0.15, 0.2) is 53.6 Å². The Bertz CT molecular complexity index is 1250. The Kier molecular flexibility index (Phi) is 4.92. The van der Waals surface area contributed by atoms with Gasteiger partial charge in [0.15, 0.2) is 0 Å². The third-order valence-electron chi connectivity index (χ3n) is 5.18. The normalized spacial score (nSPS) is 11.4. The highest BCUT2D eigenvalue weighted by Gasteiger charge is 2.13. The second kappa shape index (κ2) is 7.54. The van der Waals surface area contributed by atoms with Crippen molar-refractivity contribution in [3.63, 3.8) is 0 Å². The number of benzene rings is 2. The summed E-state index contributed by atoms with van der Waals surface area (Å²) in [7, 11) is 0. The van der Waals surface area contributed by atoms with Crippen molar-refractivity contribution in [1.82, 2.24) is 19.9 Å². The van der Waals surface area contributed by atoms with E-state index in [4.69, 9.17) is 0 Å². The first-order valence-electron chi connectivity index (χ1n) is 9.75. The lowest BCUT2D eigenvalue weighted by atomic mass is 10.0. The predicted octanol–water partition coefficient (Wildman–Crippen LogP) is 3.63. The van der Waals surface area contributed by atoms with Gasteiger partial charge in [-0.15, -0.1) is 0 Å². The Balaban J connectivity index is 1.50. The average molecular weight is 388 g/mol. The fourth-order valence-corrected chi connectivity index (χ4v) is 3.45. The lowest BCUT2D eigenvalue weighted by Gasteiger charge is -2.09. The predicted molar refractivity (Wildman–Crippen MR) is 115 cm³/mol. The topological polar surface area (TPSA) is 79.8 Å². The molecule has 2 heterocycles. The summed E-state index contributed by atoms with van der Waals surface area (Å²) in [6.07, 6.45) is 1.44. The summed E-state index contributed by atoms with van der Waals surface area (Å²) in [5, 5.41) is 3.78. The van der Waals surface area contributed by atoms with E-state index in [0.717, 1.165) is 22.0 Å². The number of hydrogen-bond donors (Lipinski definition) is 2. The minimum atomic E-state index is -0.250. The van der Waals surface area contributed by atoms with E-state index >= 15 is 0 Å². The third kappa shape index (κ3) is 3.78. The highest BCUT2D eigenvalue weighted by molar-refractivity contribution is 6.04. The molecule has 0 saturated heterocycles. The van der Waals surface area contributed by atoms with Gasteiger partial charge in [0.25, 0.3) is 5.56 Å². The lowest BCUT2D eigenvalue weighted by molar-refractivity contribution is -0.121. The molecule has 6 nitrogen and oxygen atoms in total. The maximum Gasteiger partial charge on any atom is 0.278 e. The van der Waals surface area contributed by atoms with Crippen LogP contribution in [0.5, 0.6) is 0 Å². The lowest BCUT2D eigenvalue weighted by Crippen LogP contribution is -2.32. The van der Waals surface area contributed by atoms with Gasteiger partial charge in [-0.1, -0.05) is 49.7 Å². The van der Waals surface area contributed by atoms with Crippen LogP contribution in [0.1, 0.15) is 36.5 Å². The van der Waals surface area contributed by atoms with Crippen molar-refractivity contribution >= 4 is 27.8 Å². The monoisotopic (exact) mass is 388 g/mol. The van der Waals surface area contributed by atoms with Gasteiger partial charge in [-0.25, -0.2) is 4.98 Å². The second-order valence-electron chi connectivity index (χ2n) is 7.75. The van der Waals surface area contributed by atoms with Crippen LogP contribution in [-0.4, -0.2) is 20.4 Å². The van der Waals surface area contributed by atoms with Crippen LogP contribution in [0, 0.1) is 6.92 Å². The Labute approximate surface area is 168 Å². The first kappa shape index (κ1) is 18.9. The standard InChI is InChI=1S/C23H24N4O2/c1-14(2)17-7-5-16(6-8-17)11-24-20(28)12-27-13-25-21-18-10-15(3)4-9-19(18)26-22(21)23(27)29/h4-10,13-14,26H,11-12H2,1-3H3,(H,24,28). The smallest absolute Gasteiger partial charge is 0.278 e. The van der Waals surface area contributed by atoms with Gasteiger partial charge in [-0.2, -0.15) is 0 Å². The number of amides is 1. The molecule has 0 aliphatic carbocycles. The quantitative estimate of drug-likeness (QED) is 0.548. The van der Waals surface area contributed by atoms with Crippen molar-refractivity contribution in [2.45, 2.75) is 39.8 Å². The molecule has 2 aromatic carbocycles. The van der Waals surface area contributed by atoms with Crippen LogP contribution in [0.25, 0.3) is 21.9 Å². The van der Waals surface area contributed by atoms with Gasteiger partial charge in [0.05, 0.1) is 6.33 Å². The first-order valence-corrected chi connectivity index (χ1v) is 9.75. The fraction of sp³-hybridized carbons (Fsp3) is 0.261. The summed E-state index contributed by atoms with van der Waals surface area (Å²) in [5.41, 5.74) is 5.06. The number of aryl methyl sites for hydroxylation is 1. The number of carbonyl (C=O) groups is 1. The van der Waals surface area contributed by atoms with E-state index in [1.54, 1.807) is 0 Å². The first-order chi connectivity index (χ1) is 13.9.